The third kappa shape index (κ3) is 5.36. The number of nitrogen functional groups attached to an aromatic ring is 1. The van der Waals surface area contributed by atoms with Gasteiger partial charge in [0.2, 0.25) is 0 Å². The van der Waals surface area contributed by atoms with Crippen LogP contribution in [0.5, 0.6) is 0 Å². The van der Waals surface area contributed by atoms with E-state index >= 15 is 0 Å². The molecule has 39 heavy (non-hydrogen) atoms. The number of nitrogens with two attached hydrogens (primary N) is 1. The van der Waals surface area contributed by atoms with Crippen LogP contribution < -0.4 is 20.7 Å². The number of aliphatic hydroxyl groups is 2. The van der Waals surface area contributed by atoms with Crippen molar-refractivity contribution in [2.45, 2.75) is 31.1 Å². The maximum Gasteiger partial charge on any atom is 0.421 e. The Balaban J connectivity index is 1.14. The number of hydrogen-bond acceptors (Lipinski definition) is 13. The van der Waals surface area contributed by atoms with Crippen molar-refractivity contribution < 1.29 is 32.9 Å². The molecule has 4 atom stereocenters. The van der Waals surface area contributed by atoms with Crippen molar-refractivity contribution in [2.24, 2.45) is 0 Å². The SMILES string of the molecule is Nc1ncnc2c1ncn2[C@@H]1O[C@H](CNS(=O)(=O)NC(=O)OCCn2cnc3ccccc3c2=O)[C@@H](O)[C@H]1O. The topological polar surface area (TPSA) is 239 Å². The van der Waals surface area contributed by atoms with E-state index in [-0.39, 0.29) is 35.7 Å². The Morgan fingerprint density at radius 3 is 2.74 bits per heavy atom. The number of nitrogens with zero attached hydrogens (tertiary/aromatic N) is 6. The number of rotatable bonds is 8. The minimum Gasteiger partial charge on any atom is -0.447 e. The van der Waals surface area contributed by atoms with Crippen molar-refractivity contribution >= 4 is 44.2 Å². The number of fused-ring (bicyclic) bond motifs is 2. The monoisotopic (exact) mass is 561 g/mol. The molecule has 17 nitrogen and oxygen atoms in total. The van der Waals surface area contributed by atoms with Gasteiger partial charge in [0.1, 0.15) is 36.8 Å². The average molecular weight is 562 g/mol. The van der Waals surface area contributed by atoms with Crippen LogP contribution in [0.25, 0.3) is 22.1 Å². The van der Waals surface area contributed by atoms with Crippen molar-refractivity contribution in [3.05, 3.63) is 53.6 Å². The fraction of sp³-hybridized carbons (Fsp3) is 0.333. The summed E-state index contributed by atoms with van der Waals surface area (Å²) in [5.74, 6) is 0.107. The Morgan fingerprint density at radius 2 is 1.92 bits per heavy atom. The first-order valence-corrected chi connectivity index (χ1v) is 13.0. The van der Waals surface area contributed by atoms with E-state index in [2.05, 4.69) is 24.7 Å². The van der Waals surface area contributed by atoms with Crippen LogP contribution in [-0.2, 0) is 26.2 Å². The highest BCUT2D eigenvalue weighted by Gasteiger charge is 2.44. The van der Waals surface area contributed by atoms with E-state index in [4.69, 9.17) is 15.2 Å². The second-order valence-electron chi connectivity index (χ2n) is 8.48. The molecule has 1 aromatic carbocycles. The van der Waals surface area contributed by atoms with Crippen molar-refractivity contribution in [2.75, 3.05) is 18.9 Å². The Kier molecular flexibility index (Phi) is 7.10. The quantitative estimate of drug-likeness (QED) is 0.157. The smallest absolute Gasteiger partial charge is 0.421 e. The molecule has 0 bridgehead atoms. The van der Waals surface area contributed by atoms with Gasteiger partial charge >= 0.3 is 16.3 Å². The van der Waals surface area contributed by atoms with Gasteiger partial charge in [0.15, 0.2) is 17.7 Å². The zero-order valence-electron chi connectivity index (χ0n) is 20.0. The van der Waals surface area contributed by atoms with Crippen molar-refractivity contribution in [3.63, 3.8) is 0 Å². The highest BCUT2D eigenvalue weighted by Crippen LogP contribution is 2.31. The number of nitrogens with one attached hydrogen (secondary N) is 2. The Morgan fingerprint density at radius 1 is 1.13 bits per heavy atom. The van der Waals surface area contributed by atoms with Crippen LogP contribution in [0.4, 0.5) is 10.6 Å². The summed E-state index contributed by atoms with van der Waals surface area (Å²) in [5, 5.41) is 21.3. The van der Waals surface area contributed by atoms with E-state index < -0.39 is 47.4 Å². The van der Waals surface area contributed by atoms with E-state index in [9.17, 15) is 28.2 Å². The molecule has 3 aromatic heterocycles. The first-order chi connectivity index (χ1) is 18.6. The van der Waals surface area contributed by atoms with Crippen LogP contribution in [0.2, 0.25) is 0 Å². The number of benzene rings is 1. The number of anilines is 1. The second kappa shape index (κ2) is 10.5. The Hall–Kier alpha value is -4.23. The van der Waals surface area contributed by atoms with Gasteiger partial charge in [-0.1, -0.05) is 12.1 Å². The first-order valence-electron chi connectivity index (χ1n) is 11.5. The summed E-state index contributed by atoms with van der Waals surface area (Å²) in [4.78, 5) is 40.6. The summed E-state index contributed by atoms with van der Waals surface area (Å²) in [6.07, 6.45) is -2.80. The molecule has 4 aromatic rings. The summed E-state index contributed by atoms with van der Waals surface area (Å²) in [7, 11) is -4.44. The number of ether oxygens (including phenoxy) is 2. The number of imidazole rings is 1. The standard InChI is InChI=1S/C21H23N9O8S/c22-17-14-18(24-8-23-17)30(10-26-14)20-16(32)15(31)13(38-20)7-27-39(35,36)28-21(34)37-6-5-29-9-25-12-4-2-1-3-11(12)19(29)33/h1-4,8-10,13,15-16,20,27,31-32H,5-7H2,(H,28,34)(H2,22,23,24)/t13-,15-,16-,20-/m1/s1. The number of aliphatic hydroxyl groups excluding tert-OH is 2. The molecule has 1 aliphatic rings. The molecular weight excluding hydrogens is 538 g/mol. The zero-order chi connectivity index (χ0) is 27.7. The average Bonchev–Trinajstić information content (AvgIpc) is 3.46. The van der Waals surface area contributed by atoms with E-state index in [1.165, 1.54) is 28.1 Å². The molecule has 0 unspecified atom stereocenters. The molecule has 4 heterocycles. The highest BCUT2D eigenvalue weighted by molar-refractivity contribution is 7.88. The molecule has 0 aliphatic carbocycles. The van der Waals surface area contributed by atoms with E-state index in [1.54, 1.807) is 29.0 Å². The molecule has 0 saturated carbocycles. The minimum atomic E-state index is -4.44. The molecule has 206 valence electrons. The normalized spacial score (nSPS) is 21.4. The van der Waals surface area contributed by atoms with E-state index in [1.807, 2.05) is 0 Å². The van der Waals surface area contributed by atoms with Gasteiger partial charge in [-0.25, -0.2) is 29.5 Å². The minimum absolute atomic E-state index is 0.0571. The van der Waals surface area contributed by atoms with Crippen LogP contribution in [0.1, 0.15) is 6.23 Å². The van der Waals surface area contributed by atoms with Crippen LogP contribution in [0, 0.1) is 0 Å². The Labute approximate surface area is 219 Å². The number of amides is 1. The summed E-state index contributed by atoms with van der Waals surface area (Å²) < 4.78 is 41.4. The lowest BCUT2D eigenvalue weighted by molar-refractivity contribution is -0.0330. The first kappa shape index (κ1) is 26.4. The van der Waals surface area contributed by atoms with Gasteiger partial charge < -0.3 is 25.4 Å². The maximum atomic E-state index is 12.5. The summed E-state index contributed by atoms with van der Waals surface area (Å²) in [5.41, 5.74) is 6.44. The van der Waals surface area contributed by atoms with Crippen LogP contribution in [-0.4, -0.2) is 85.3 Å². The molecule has 1 saturated heterocycles. The lowest BCUT2D eigenvalue weighted by Gasteiger charge is -2.16. The fourth-order valence-corrected chi connectivity index (χ4v) is 4.79. The predicted octanol–water partition coefficient (Wildman–Crippen LogP) is -2.00. The van der Waals surface area contributed by atoms with Gasteiger partial charge in [0.25, 0.3) is 5.56 Å². The predicted molar refractivity (Wildman–Crippen MR) is 133 cm³/mol. The molecule has 1 aliphatic heterocycles. The molecule has 0 radical (unpaired) electrons. The lowest BCUT2D eigenvalue weighted by atomic mass is 10.1. The third-order valence-corrected chi connectivity index (χ3v) is 6.97. The number of aromatic nitrogens is 6. The van der Waals surface area contributed by atoms with Crippen molar-refractivity contribution in [1.82, 2.24) is 38.5 Å². The molecule has 6 N–H and O–H groups in total. The maximum absolute atomic E-state index is 12.5. The number of carbonyl (C=O) groups is 1. The van der Waals surface area contributed by atoms with Gasteiger partial charge in [-0.05, 0) is 12.1 Å². The van der Waals surface area contributed by atoms with E-state index in [0.29, 0.717) is 10.9 Å². The molecule has 1 amide bonds. The summed E-state index contributed by atoms with van der Waals surface area (Å²) in [6, 6.07) is 6.73. The van der Waals surface area contributed by atoms with Gasteiger partial charge in [-0.3, -0.25) is 13.9 Å². The molecular formula is C21H23N9O8S. The molecule has 0 spiro atoms. The van der Waals surface area contributed by atoms with E-state index in [0.717, 1.165) is 0 Å². The van der Waals surface area contributed by atoms with Crippen molar-refractivity contribution in [1.29, 1.82) is 0 Å². The number of carbonyl (C=O) groups excluding carboxylic acids is 1. The van der Waals surface area contributed by atoms with Crippen LogP contribution in [0.15, 0.2) is 48.0 Å². The van der Waals surface area contributed by atoms with Crippen LogP contribution >= 0.6 is 0 Å². The summed E-state index contributed by atoms with van der Waals surface area (Å²) >= 11 is 0. The highest BCUT2D eigenvalue weighted by atomic mass is 32.2. The van der Waals surface area contributed by atoms with Gasteiger partial charge in [0.05, 0.1) is 30.1 Å². The third-order valence-electron chi connectivity index (χ3n) is 5.99. The summed E-state index contributed by atoms with van der Waals surface area (Å²) in [6.45, 7) is -0.871. The van der Waals surface area contributed by atoms with Gasteiger partial charge in [-0.15, -0.1) is 0 Å². The van der Waals surface area contributed by atoms with Crippen molar-refractivity contribution in [3.8, 4) is 0 Å². The zero-order valence-corrected chi connectivity index (χ0v) is 20.8. The molecule has 1 fully saturated rings. The molecule has 18 heteroatoms. The number of para-hydroxylation sites is 1. The number of hydrogen-bond donors (Lipinski definition) is 5. The fourth-order valence-electron chi connectivity index (χ4n) is 4.05. The Bertz CT molecular complexity index is 1690. The lowest BCUT2D eigenvalue weighted by Crippen LogP contribution is -2.46. The molecule has 5 rings (SSSR count). The van der Waals surface area contributed by atoms with Gasteiger partial charge in [-0.2, -0.15) is 13.1 Å². The van der Waals surface area contributed by atoms with Crippen LogP contribution in [0.3, 0.4) is 0 Å². The largest absolute Gasteiger partial charge is 0.447 e. The second-order valence-corrected chi connectivity index (χ2v) is 9.98. The van der Waals surface area contributed by atoms with Gasteiger partial charge in [0, 0.05) is 6.54 Å².